The maximum atomic E-state index is 11.7. The number of aliphatic carboxylic acids is 2. The van der Waals surface area contributed by atoms with Crippen molar-refractivity contribution in [1.82, 2.24) is 0 Å². The number of esters is 1. The number of carbonyl (C=O) groups is 3. The zero-order chi connectivity index (χ0) is 22.2. The van der Waals surface area contributed by atoms with E-state index < -0.39 is 29.7 Å². The molecule has 2 rings (SSSR count). The number of ether oxygens (including phenoxy) is 1. The van der Waals surface area contributed by atoms with Crippen LogP contribution in [0.5, 0.6) is 0 Å². The number of nitrogens with two attached hydrogens (primary N) is 1. The van der Waals surface area contributed by atoms with Crippen LogP contribution in [0.1, 0.15) is 43.2 Å². The summed E-state index contributed by atoms with van der Waals surface area (Å²) in [5.74, 6) is 2.38. The number of hydrogen-bond acceptors (Lipinski definition) is 7. The average molecular weight is 407 g/mol. The number of carbonyl (C=O) groups excluding carboxylic acids is 1. The Hall–Kier alpha value is -2.93. The molecule has 29 heavy (non-hydrogen) atoms. The van der Waals surface area contributed by atoms with Gasteiger partial charge in [0.1, 0.15) is 5.54 Å². The molecule has 9 heteroatoms. The first-order valence-corrected chi connectivity index (χ1v) is 8.77. The van der Waals surface area contributed by atoms with Gasteiger partial charge >= 0.3 is 17.9 Å². The van der Waals surface area contributed by atoms with E-state index in [1.165, 1.54) is 12.7 Å². The molecule has 0 aliphatic heterocycles. The summed E-state index contributed by atoms with van der Waals surface area (Å²) >= 11 is 0. The number of benzene rings is 1. The van der Waals surface area contributed by atoms with E-state index in [2.05, 4.69) is 24.0 Å². The van der Waals surface area contributed by atoms with E-state index >= 15 is 0 Å². The van der Waals surface area contributed by atoms with E-state index in [1.807, 2.05) is 19.1 Å². The second kappa shape index (κ2) is 10.6. The van der Waals surface area contributed by atoms with E-state index in [0.717, 1.165) is 12.0 Å². The summed E-state index contributed by atoms with van der Waals surface area (Å²) in [7, 11) is 1.39. The third-order valence-corrected chi connectivity index (χ3v) is 4.60. The molecule has 9 nitrogen and oxygen atoms in total. The average Bonchev–Trinajstić information content (AvgIpc) is 3.10. The van der Waals surface area contributed by atoms with Crippen molar-refractivity contribution in [3.8, 4) is 11.8 Å². The van der Waals surface area contributed by atoms with Gasteiger partial charge in [0.2, 0.25) is 0 Å². The normalized spacial score (nSPS) is 22.2. The monoisotopic (exact) mass is 407 g/mol. The van der Waals surface area contributed by atoms with Crippen molar-refractivity contribution in [2.24, 2.45) is 5.73 Å². The van der Waals surface area contributed by atoms with Crippen molar-refractivity contribution in [2.75, 3.05) is 7.11 Å². The fourth-order valence-corrected chi connectivity index (χ4v) is 3.00. The minimum Gasteiger partial charge on any atom is -0.479 e. The summed E-state index contributed by atoms with van der Waals surface area (Å²) < 4.78 is 4.79. The first-order valence-electron chi connectivity index (χ1n) is 8.77. The van der Waals surface area contributed by atoms with E-state index in [-0.39, 0.29) is 5.97 Å². The standard InChI is InChI=1S/C16H19NO2.C4H6O6/c1-3-4-12-5-7-13(8-6-12)14-9-10-16(17,11-14)15(18)19-2;5-1(3(7)8)2(6)4(9)10/h5-8,14H,9-11,17H2,1-2H3;1-2,5-6H,(H,7,8)(H,9,10)/t14-,16+;1-,2-/m01/s1. The Labute approximate surface area is 168 Å². The van der Waals surface area contributed by atoms with Crippen LogP contribution in [0.25, 0.3) is 0 Å². The second-order valence-electron chi connectivity index (χ2n) is 6.65. The SMILES string of the molecule is CC#Cc1ccc([C@H]2CC[C@](N)(C(=O)OC)C2)cc1.O=C(O)[C@H](O)[C@@H](O)C(=O)O. The van der Waals surface area contributed by atoms with Crippen LogP contribution in [-0.2, 0) is 19.1 Å². The Morgan fingerprint density at radius 3 is 2.07 bits per heavy atom. The number of rotatable bonds is 5. The summed E-state index contributed by atoms with van der Waals surface area (Å²) in [5.41, 5.74) is 7.53. The van der Waals surface area contributed by atoms with Crippen LogP contribution in [0.3, 0.4) is 0 Å². The second-order valence-corrected chi connectivity index (χ2v) is 6.65. The van der Waals surface area contributed by atoms with Crippen molar-refractivity contribution >= 4 is 17.9 Å². The third-order valence-electron chi connectivity index (χ3n) is 4.60. The molecule has 0 aromatic heterocycles. The molecule has 1 aromatic carbocycles. The molecule has 0 unspecified atom stereocenters. The number of carboxylic acid groups (broad SMARTS) is 2. The topological polar surface area (TPSA) is 167 Å². The fraction of sp³-hybridized carbons (Fsp3) is 0.450. The van der Waals surface area contributed by atoms with Gasteiger partial charge in [-0.15, -0.1) is 5.92 Å². The summed E-state index contributed by atoms with van der Waals surface area (Å²) in [6, 6.07) is 8.18. The maximum Gasteiger partial charge on any atom is 0.335 e. The lowest BCUT2D eigenvalue weighted by atomic mass is 9.93. The van der Waals surface area contributed by atoms with Crippen molar-refractivity contribution in [3.63, 3.8) is 0 Å². The van der Waals surface area contributed by atoms with Crippen LogP contribution in [0, 0.1) is 11.8 Å². The van der Waals surface area contributed by atoms with Crippen molar-refractivity contribution in [1.29, 1.82) is 0 Å². The molecule has 0 radical (unpaired) electrons. The highest BCUT2D eigenvalue weighted by atomic mass is 16.5. The first-order chi connectivity index (χ1) is 13.6. The smallest absolute Gasteiger partial charge is 0.335 e. The number of methoxy groups -OCH3 is 1. The van der Waals surface area contributed by atoms with Gasteiger partial charge in [-0.05, 0) is 49.8 Å². The highest BCUT2D eigenvalue weighted by Gasteiger charge is 2.43. The molecular formula is C20H25NO8. The molecule has 0 saturated heterocycles. The Morgan fingerprint density at radius 1 is 1.14 bits per heavy atom. The van der Waals surface area contributed by atoms with E-state index in [4.69, 9.17) is 30.9 Å². The van der Waals surface area contributed by atoms with Crippen LogP contribution < -0.4 is 5.73 Å². The first kappa shape index (κ1) is 24.1. The minimum absolute atomic E-state index is 0.302. The fourth-order valence-electron chi connectivity index (χ4n) is 3.00. The van der Waals surface area contributed by atoms with Crippen molar-refractivity contribution in [3.05, 3.63) is 35.4 Å². The molecule has 1 saturated carbocycles. The summed E-state index contributed by atoms with van der Waals surface area (Å²) in [6.45, 7) is 1.82. The van der Waals surface area contributed by atoms with Gasteiger partial charge in [0.05, 0.1) is 7.11 Å². The molecular weight excluding hydrogens is 382 g/mol. The van der Waals surface area contributed by atoms with E-state index in [0.29, 0.717) is 18.8 Å². The third kappa shape index (κ3) is 6.57. The molecule has 0 bridgehead atoms. The largest absolute Gasteiger partial charge is 0.479 e. The van der Waals surface area contributed by atoms with Crippen LogP contribution >= 0.6 is 0 Å². The molecule has 1 fully saturated rings. The number of aliphatic hydroxyl groups is 2. The van der Waals surface area contributed by atoms with Crippen molar-refractivity contribution in [2.45, 2.75) is 49.9 Å². The Balaban J connectivity index is 0.000000359. The molecule has 1 aliphatic rings. The van der Waals surface area contributed by atoms with Gasteiger partial charge in [-0.3, -0.25) is 4.79 Å². The highest BCUT2D eigenvalue weighted by Crippen LogP contribution is 2.40. The highest BCUT2D eigenvalue weighted by molar-refractivity contribution is 5.83. The van der Waals surface area contributed by atoms with Gasteiger partial charge in [-0.2, -0.15) is 0 Å². The molecule has 6 N–H and O–H groups in total. The number of aliphatic hydroxyl groups excluding tert-OH is 2. The number of hydrogen-bond donors (Lipinski definition) is 5. The molecule has 0 heterocycles. The Bertz CT molecular complexity index is 777. The van der Waals surface area contributed by atoms with Crippen LogP contribution in [0.15, 0.2) is 24.3 Å². The van der Waals surface area contributed by atoms with Gasteiger partial charge < -0.3 is 30.9 Å². The zero-order valence-corrected chi connectivity index (χ0v) is 16.2. The van der Waals surface area contributed by atoms with E-state index in [9.17, 15) is 14.4 Å². The van der Waals surface area contributed by atoms with Gasteiger partial charge in [0.25, 0.3) is 0 Å². The number of carboxylic acids is 2. The quantitative estimate of drug-likeness (QED) is 0.335. The molecule has 4 atom stereocenters. The van der Waals surface area contributed by atoms with Gasteiger partial charge in [0, 0.05) is 5.56 Å². The molecule has 1 aliphatic carbocycles. The van der Waals surface area contributed by atoms with Crippen LogP contribution in [0.4, 0.5) is 0 Å². The molecule has 1 aromatic rings. The summed E-state index contributed by atoms with van der Waals surface area (Å²) in [6.07, 6.45) is -2.28. The van der Waals surface area contributed by atoms with Crippen molar-refractivity contribution < 1.29 is 39.5 Å². The van der Waals surface area contributed by atoms with Crippen LogP contribution in [0.2, 0.25) is 0 Å². The summed E-state index contributed by atoms with van der Waals surface area (Å²) in [4.78, 5) is 31.2. The molecule has 158 valence electrons. The van der Waals surface area contributed by atoms with Crippen LogP contribution in [-0.4, -0.2) is 63.2 Å². The molecule has 0 amide bonds. The Kier molecular flexibility index (Phi) is 8.79. The lowest BCUT2D eigenvalue weighted by molar-refractivity contribution is -0.165. The zero-order valence-electron chi connectivity index (χ0n) is 16.2. The summed E-state index contributed by atoms with van der Waals surface area (Å²) in [5, 5.41) is 32.5. The lowest BCUT2D eigenvalue weighted by Crippen LogP contribution is -2.46. The lowest BCUT2D eigenvalue weighted by Gasteiger charge is -2.20. The predicted octanol–water partition coefficient (Wildman–Crippen LogP) is 0.0734. The van der Waals surface area contributed by atoms with Gasteiger partial charge in [-0.1, -0.05) is 18.1 Å². The Morgan fingerprint density at radius 2 is 1.66 bits per heavy atom. The van der Waals surface area contributed by atoms with Gasteiger partial charge in [0.15, 0.2) is 12.2 Å². The predicted molar refractivity (Wildman–Crippen MR) is 102 cm³/mol. The maximum absolute atomic E-state index is 11.7. The van der Waals surface area contributed by atoms with E-state index in [1.54, 1.807) is 0 Å². The molecule has 0 spiro atoms. The van der Waals surface area contributed by atoms with Gasteiger partial charge in [-0.25, -0.2) is 9.59 Å². The minimum atomic E-state index is -2.27.